The van der Waals surface area contributed by atoms with Crippen molar-refractivity contribution in [1.29, 1.82) is 0 Å². The van der Waals surface area contributed by atoms with E-state index in [0.29, 0.717) is 5.82 Å². The minimum Gasteiger partial charge on any atom is -0.295 e. The molecule has 0 amide bonds. The van der Waals surface area contributed by atoms with E-state index in [-0.39, 0.29) is 11.1 Å². The summed E-state index contributed by atoms with van der Waals surface area (Å²) in [5.41, 5.74) is -0.429. The quantitative estimate of drug-likeness (QED) is 0.896. The Balaban J connectivity index is 3.31. The predicted octanol–water partition coefficient (Wildman–Crippen LogP) is 1.97. The number of nitrogens with zero attached hydrogens (tertiary/aromatic N) is 3. The highest BCUT2D eigenvalue weighted by Crippen LogP contribution is 2.27. The maximum Gasteiger partial charge on any atom is 0.273 e. The van der Waals surface area contributed by atoms with E-state index in [1.165, 1.54) is 0 Å². The molecule has 1 atom stereocenters. The van der Waals surface area contributed by atoms with Gasteiger partial charge in [-0.2, -0.15) is 0 Å². The number of unbranched alkanes of at least 4 members (excludes halogenated alkanes) is 1. The fourth-order valence-corrected chi connectivity index (χ4v) is 2.83. The smallest absolute Gasteiger partial charge is 0.273 e. The van der Waals surface area contributed by atoms with Crippen LogP contribution in [0.15, 0.2) is 5.16 Å². The zero-order chi connectivity index (χ0) is 14.8. The largest absolute Gasteiger partial charge is 0.295 e. The van der Waals surface area contributed by atoms with Gasteiger partial charge in [0.15, 0.2) is 0 Å². The van der Waals surface area contributed by atoms with Gasteiger partial charge in [-0.25, -0.2) is 13.6 Å². The van der Waals surface area contributed by atoms with E-state index >= 15 is 0 Å². The van der Waals surface area contributed by atoms with Crippen LogP contribution in [0.5, 0.6) is 0 Å². The monoisotopic (exact) mass is 288 g/mol. The van der Waals surface area contributed by atoms with Gasteiger partial charge in [0.05, 0.1) is 0 Å². The van der Waals surface area contributed by atoms with Crippen molar-refractivity contribution in [3.63, 3.8) is 0 Å². The molecule has 0 aliphatic heterocycles. The molecule has 1 rings (SSSR count). The van der Waals surface area contributed by atoms with Crippen LogP contribution in [0.1, 0.15) is 65.6 Å². The topological polar surface area (TPSA) is 90.9 Å². The fourth-order valence-electron chi connectivity index (χ4n) is 2.05. The van der Waals surface area contributed by atoms with E-state index in [2.05, 4.69) is 17.1 Å². The summed E-state index contributed by atoms with van der Waals surface area (Å²) in [5, 5.41) is 12.9. The Bertz CT molecular complexity index is 528. The summed E-state index contributed by atoms with van der Waals surface area (Å²) in [6, 6.07) is 0. The zero-order valence-corrected chi connectivity index (χ0v) is 13.2. The average molecular weight is 288 g/mol. The molecular weight excluding hydrogens is 264 g/mol. The maximum absolute atomic E-state index is 11.6. The predicted molar refractivity (Wildman–Crippen MR) is 74.3 cm³/mol. The molecule has 0 aliphatic rings. The third kappa shape index (κ3) is 3.76. The van der Waals surface area contributed by atoms with E-state index in [0.717, 1.165) is 19.3 Å². The fraction of sp³-hybridized carbons (Fsp3) is 0.833. The van der Waals surface area contributed by atoms with E-state index in [1.54, 1.807) is 4.57 Å². The van der Waals surface area contributed by atoms with Crippen molar-refractivity contribution < 1.29 is 8.42 Å². The zero-order valence-electron chi connectivity index (χ0n) is 12.3. The highest BCUT2D eigenvalue weighted by Gasteiger charge is 2.30. The molecule has 1 unspecified atom stereocenters. The lowest BCUT2D eigenvalue weighted by atomic mass is 10.0. The Kier molecular flexibility index (Phi) is 4.73. The molecule has 2 N–H and O–H groups in total. The number of primary sulfonamides is 1. The minimum absolute atomic E-state index is 0.154. The van der Waals surface area contributed by atoms with Gasteiger partial charge in [0.25, 0.3) is 15.2 Å². The molecule has 0 radical (unpaired) electrons. The molecule has 0 saturated heterocycles. The van der Waals surface area contributed by atoms with E-state index < -0.39 is 15.6 Å². The Morgan fingerprint density at radius 2 is 1.89 bits per heavy atom. The molecule has 0 saturated carbocycles. The molecule has 0 spiro atoms. The Labute approximate surface area is 115 Å². The number of sulfonamides is 1. The van der Waals surface area contributed by atoms with Crippen LogP contribution < -0.4 is 5.14 Å². The first-order valence-corrected chi connectivity index (χ1v) is 8.12. The molecule has 1 aromatic heterocycles. The van der Waals surface area contributed by atoms with Crippen LogP contribution in [0, 0.1) is 0 Å². The summed E-state index contributed by atoms with van der Waals surface area (Å²) >= 11 is 0. The highest BCUT2D eigenvalue weighted by molar-refractivity contribution is 7.89. The number of hydrogen-bond donors (Lipinski definition) is 1. The van der Waals surface area contributed by atoms with E-state index in [1.807, 2.05) is 27.7 Å². The summed E-state index contributed by atoms with van der Waals surface area (Å²) in [6.07, 6.45) is 3.12. The summed E-state index contributed by atoms with van der Waals surface area (Å²) in [7, 11) is -3.86. The first-order valence-electron chi connectivity index (χ1n) is 6.57. The van der Waals surface area contributed by atoms with Crippen molar-refractivity contribution in [2.45, 2.75) is 70.5 Å². The second kappa shape index (κ2) is 5.58. The Morgan fingerprint density at radius 3 is 2.32 bits per heavy atom. The molecular formula is C12H24N4O2S. The van der Waals surface area contributed by atoms with Crippen molar-refractivity contribution in [3.8, 4) is 0 Å². The van der Waals surface area contributed by atoms with Gasteiger partial charge in [-0.3, -0.25) is 4.57 Å². The molecule has 7 heteroatoms. The lowest BCUT2D eigenvalue weighted by Crippen LogP contribution is -2.30. The van der Waals surface area contributed by atoms with Gasteiger partial charge in [0.1, 0.15) is 5.82 Å². The normalized spacial score (nSPS) is 14.6. The summed E-state index contributed by atoms with van der Waals surface area (Å²) in [4.78, 5) is 0. The van der Waals surface area contributed by atoms with Crippen molar-refractivity contribution >= 4 is 10.0 Å². The van der Waals surface area contributed by atoms with Crippen molar-refractivity contribution in [2.75, 3.05) is 0 Å². The SMILES string of the molecule is CCCCC(C)c1nnc(S(N)(=O)=O)n1C(C)(C)C. The van der Waals surface area contributed by atoms with Crippen LogP contribution in [-0.4, -0.2) is 23.2 Å². The lowest BCUT2D eigenvalue weighted by molar-refractivity contribution is 0.340. The maximum atomic E-state index is 11.6. The number of nitrogens with two attached hydrogens (primary N) is 1. The average Bonchev–Trinajstić information content (AvgIpc) is 2.69. The van der Waals surface area contributed by atoms with Gasteiger partial charge in [-0.05, 0) is 27.2 Å². The third-order valence-electron chi connectivity index (χ3n) is 3.02. The molecule has 19 heavy (non-hydrogen) atoms. The van der Waals surface area contributed by atoms with Gasteiger partial charge in [-0.15, -0.1) is 10.2 Å². The van der Waals surface area contributed by atoms with Crippen molar-refractivity contribution in [3.05, 3.63) is 5.82 Å². The standard InChI is InChI=1S/C12H24N4O2S/c1-6-7-8-9(2)10-14-15-11(19(13,17)18)16(10)12(3,4)5/h9H,6-8H2,1-5H3,(H2,13,17,18). The van der Waals surface area contributed by atoms with Crippen LogP contribution in [-0.2, 0) is 15.6 Å². The second-order valence-corrected chi connectivity index (χ2v) is 7.39. The summed E-state index contributed by atoms with van der Waals surface area (Å²) in [6.45, 7) is 9.91. The summed E-state index contributed by atoms with van der Waals surface area (Å²) < 4.78 is 24.9. The third-order valence-corrected chi connectivity index (χ3v) is 3.79. The van der Waals surface area contributed by atoms with Crippen LogP contribution in [0.25, 0.3) is 0 Å². The first kappa shape index (κ1) is 16.1. The van der Waals surface area contributed by atoms with Gasteiger partial charge in [-0.1, -0.05) is 26.7 Å². The lowest BCUT2D eigenvalue weighted by Gasteiger charge is -2.26. The van der Waals surface area contributed by atoms with Crippen LogP contribution in [0.2, 0.25) is 0 Å². The van der Waals surface area contributed by atoms with Gasteiger partial charge in [0, 0.05) is 11.5 Å². The molecule has 0 bridgehead atoms. The molecule has 0 aliphatic carbocycles. The van der Waals surface area contributed by atoms with Gasteiger partial charge < -0.3 is 0 Å². The molecule has 6 nitrogen and oxygen atoms in total. The minimum atomic E-state index is -3.86. The van der Waals surface area contributed by atoms with Crippen molar-refractivity contribution in [2.24, 2.45) is 5.14 Å². The van der Waals surface area contributed by atoms with Gasteiger partial charge >= 0.3 is 0 Å². The molecule has 1 heterocycles. The Morgan fingerprint density at radius 1 is 1.32 bits per heavy atom. The van der Waals surface area contributed by atoms with E-state index in [9.17, 15) is 8.42 Å². The Hall–Kier alpha value is -0.950. The number of aromatic nitrogens is 3. The van der Waals surface area contributed by atoms with Crippen LogP contribution in [0.3, 0.4) is 0 Å². The molecule has 0 fully saturated rings. The molecule has 1 aromatic rings. The van der Waals surface area contributed by atoms with Crippen LogP contribution >= 0.6 is 0 Å². The summed E-state index contributed by atoms with van der Waals surface area (Å²) in [5.74, 6) is 0.840. The number of hydrogen-bond acceptors (Lipinski definition) is 4. The molecule has 0 aromatic carbocycles. The number of rotatable bonds is 5. The molecule has 110 valence electrons. The van der Waals surface area contributed by atoms with Crippen LogP contribution in [0.4, 0.5) is 0 Å². The van der Waals surface area contributed by atoms with Crippen molar-refractivity contribution in [1.82, 2.24) is 14.8 Å². The second-order valence-electron chi connectivity index (χ2n) is 5.94. The first-order chi connectivity index (χ1) is 8.59. The van der Waals surface area contributed by atoms with E-state index in [4.69, 9.17) is 5.14 Å². The highest BCUT2D eigenvalue weighted by atomic mass is 32.2. The van der Waals surface area contributed by atoms with Gasteiger partial charge in [0.2, 0.25) is 0 Å².